The second kappa shape index (κ2) is 7.21. The van der Waals surface area contributed by atoms with Gasteiger partial charge < -0.3 is 4.57 Å². The van der Waals surface area contributed by atoms with Crippen LogP contribution in [0.3, 0.4) is 0 Å². The first kappa shape index (κ1) is 19.5. The van der Waals surface area contributed by atoms with Crippen molar-refractivity contribution in [1.29, 1.82) is 5.26 Å². The Balaban J connectivity index is 1.89. The van der Waals surface area contributed by atoms with Crippen LogP contribution in [-0.4, -0.2) is 34.0 Å². The van der Waals surface area contributed by atoms with Gasteiger partial charge in [0.25, 0.3) is 0 Å². The maximum absolute atomic E-state index is 12.4. The third-order valence-corrected chi connectivity index (χ3v) is 6.68. The minimum Gasteiger partial charge on any atom is -0.318 e. The predicted octanol–water partition coefficient (Wildman–Crippen LogP) is 3.09. The standard InChI is InChI=1S/C20H22N6O2S/c1-12(2)25-29(27,28)15-10-22-19(23-11-15)18-17(8-21)16-7-13(3)9-24-20(16)26(18)14-5-4-6-14/h7,9-12,14,25H,4-6H2,1-3H3. The molecule has 1 aliphatic rings. The molecular weight excluding hydrogens is 388 g/mol. The van der Waals surface area contributed by atoms with Crippen molar-refractivity contribution < 1.29 is 8.42 Å². The Morgan fingerprint density at radius 1 is 1.21 bits per heavy atom. The van der Waals surface area contributed by atoms with Crippen LogP contribution in [0.25, 0.3) is 22.6 Å². The highest BCUT2D eigenvalue weighted by Crippen LogP contribution is 2.41. The molecule has 150 valence electrons. The SMILES string of the molecule is Cc1cnc2c(c1)c(C#N)c(-c1ncc(S(=O)(=O)NC(C)C)cn1)n2C1CCC1. The fourth-order valence-corrected chi connectivity index (χ4v) is 4.72. The molecular formula is C20H22N6O2S. The third-order valence-electron chi connectivity index (χ3n) is 5.07. The van der Waals surface area contributed by atoms with Gasteiger partial charge in [0.1, 0.15) is 22.3 Å². The first-order chi connectivity index (χ1) is 13.8. The van der Waals surface area contributed by atoms with E-state index >= 15 is 0 Å². The van der Waals surface area contributed by atoms with E-state index in [-0.39, 0.29) is 17.0 Å². The smallest absolute Gasteiger partial charge is 0.243 e. The van der Waals surface area contributed by atoms with E-state index in [4.69, 9.17) is 0 Å². The van der Waals surface area contributed by atoms with Crippen molar-refractivity contribution in [1.82, 2.24) is 24.2 Å². The van der Waals surface area contributed by atoms with E-state index in [2.05, 4.69) is 25.7 Å². The molecule has 0 aliphatic heterocycles. The molecule has 0 atom stereocenters. The van der Waals surface area contributed by atoms with Gasteiger partial charge in [0.05, 0.1) is 18.0 Å². The molecule has 1 N–H and O–H groups in total. The van der Waals surface area contributed by atoms with Crippen LogP contribution >= 0.6 is 0 Å². The molecule has 1 aliphatic carbocycles. The lowest BCUT2D eigenvalue weighted by Gasteiger charge is -2.29. The number of nitrogens with zero attached hydrogens (tertiary/aromatic N) is 5. The molecule has 4 rings (SSSR count). The van der Waals surface area contributed by atoms with Gasteiger partial charge in [0.2, 0.25) is 10.0 Å². The summed E-state index contributed by atoms with van der Waals surface area (Å²) in [5.74, 6) is 0.326. The first-order valence-electron chi connectivity index (χ1n) is 9.57. The van der Waals surface area contributed by atoms with Crippen LogP contribution in [0.5, 0.6) is 0 Å². The van der Waals surface area contributed by atoms with E-state index in [0.29, 0.717) is 17.1 Å². The zero-order chi connectivity index (χ0) is 20.8. The highest BCUT2D eigenvalue weighted by Gasteiger charge is 2.30. The number of aromatic nitrogens is 4. The lowest BCUT2D eigenvalue weighted by Crippen LogP contribution is -2.30. The van der Waals surface area contributed by atoms with Crippen molar-refractivity contribution in [2.45, 2.75) is 57.0 Å². The molecule has 0 saturated heterocycles. The molecule has 0 spiro atoms. The molecule has 9 heteroatoms. The summed E-state index contributed by atoms with van der Waals surface area (Å²) in [5.41, 5.74) is 2.78. The Labute approximate surface area is 169 Å². The molecule has 0 amide bonds. The highest BCUT2D eigenvalue weighted by atomic mass is 32.2. The Morgan fingerprint density at radius 2 is 1.90 bits per heavy atom. The van der Waals surface area contributed by atoms with Crippen molar-refractivity contribution in [2.75, 3.05) is 0 Å². The van der Waals surface area contributed by atoms with E-state index in [0.717, 1.165) is 35.9 Å². The monoisotopic (exact) mass is 410 g/mol. The van der Waals surface area contributed by atoms with Gasteiger partial charge in [0.15, 0.2) is 5.82 Å². The summed E-state index contributed by atoms with van der Waals surface area (Å²) in [5, 5.41) is 10.7. The first-order valence-corrected chi connectivity index (χ1v) is 11.1. The van der Waals surface area contributed by atoms with E-state index in [9.17, 15) is 13.7 Å². The molecule has 1 saturated carbocycles. The van der Waals surface area contributed by atoms with Crippen molar-refractivity contribution in [2.24, 2.45) is 0 Å². The summed E-state index contributed by atoms with van der Waals surface area (Å²) in [6.45, 7) is 5.43. The zero-order valence-electron chi connectivity index (χ0n) is 16.5. The van der Waals surface area contributed by atoms with Crippen LogP contribution in [0.1, 0.15) is 50.3 Å². The van der Waals surface area contributed by atoms with Crippen LogP contribution < -0.4 is 4.72 Å². The summed E-state index contributed by atoms with van der Waals surface area (Å²) in [4.78, 5) is 13.2. The zero-order valence-corrected chi connectivity index (χ0v) is 17.4. The molecule has 3 aromatic rings. The number of sulfonamides is 1. The maximum atomic E-state index is 12.4. The Hall–Kier alpha value is -2.83. The van der Waals surface area contributed by atoms with Gasteiger partial charge in [-0.25, -0.2) is 28.1 Å². The average molecular weight is 411 g/mol. The molecule has 1 fully saturated rings. The largest absolute Gasteiger partial charge is 0.318 e. The fourth-order valence-electron chi connectivity index (χ4n) is 3.58. The van der Waals surface area contributed by atoms with Gasteiger partial charge in [-0.15, -0.1) is 0 Å². The van der Waals surface area contributed by atoms with Gasteiger partial charge in [0, 0.05) is 23.7 Å². The van der Waals surface area contributed by atoms with Gasteiger partial charge in [-0.1, -0.05) is 0 Å². The van der Waals surface area contributed by atoms with Crippen LogP contribution in [0, 0.1) is 18.3 Å². The Morgan fingerprint density at radius 3 is 2.45 bits per heavy atom. The Bertz CT molecular complexity index is 1220. The Kier molecular flexibility index (Phi) is 4.84. The average Bonchev–Trinajstić information content (AvgIpc) is 2.92. The number of rotatable bonds is 5. The lowest BCUT2D eigenvalue weighted by molar-refractivity contribution is 0.322. The van der Waals surface area contributed by atoms with Crippen molar-refractivity contribution in [3.05, 3.63) is 35.8 Å². The van der Waals surface area contributed by atoms with Crippen LogP contribution in [0.2, 0.25) is 0 Å². The van der Waals surface area contributed by atoms with Gasteiger partial charge in [-0.2, -0.15) is 5.26 Å². The topological polar surface area (TPSA) is 114 Å². The summed E-state index contributed by atoms with van der Waals surface area (Å²) < 4.78 is 29.3. The molecule has 0 radical (unpaired) electrons. The van der Waals surface area contributed by atoms with Crippen LogP contribution in [0.15, 0.2) is 29.6 Å². The van der Waals surface area contributed by atoms with E-state index in [1.165, 1.54) is 12.4 Å². The van der Waals surface area contributed by atoms with E-state index < -0.39 is 10.0 Å². The molecule has 0 unspecified atom stereocenters. The predicted molar refractivity (Wildman–Crippen MR) is 109 cm³/mol. The van der Waals surface area contributed by atoms with E-state index in [1.807, 2.05) is 17.6 Å². The van der Waals surface area contributed by atoms with Gasteiger partial charge >= 0.3 is 0 Å². The number of nitriles is 1. The number of hydrogen-bond acceptors (Lipinski definition) is 6. The summed E-state index contributed by atoms with van der Waals surface area (Å²) >= 11 is 0. The van der Waals surface area contributed by atoms with Crippen LogP contribution in [-0.2, 0) is 10.0 Å². The minimum atomic E-state index is -3.68. The number of aryl methyl sites for hydroxylation is 1. The minimum absolute atomic E-state index is 0.00580. The summed E-state index contributed by atoms with van der Waals surface area (Å²) in [7, 11) is -3.68. The lowest BCUT2D eigenvalue weighted by atomic mass is 9.92. The van der Waals surface area contributed by atoms with Crippen LogP contribution in [0.4, 0.5) is 0 Å². The second-order valence-corrected chi connectivity index (χ2v) is 9.41. The van der Waals surface area contributed by atoms with Crippen molar-refractivity contribution in [3.63, 3.8) is 0 Å². The normalized spacial score (nSPS) is 14.9. The van der Waals surface area contributed by atoms with Crippen molar-refractivity contribution >= 4 is 21.1 Å². The molecule has 3 heterocycles. The third kappa shape index (κ3) is 3.39. The number of hydrogen-bond donors (Lipinski definition) is 1. The summed E-state index contributed by atoms with van der Waals surface area (Å²) in [6.07, 6.45) is 7.49. The van der Waals surface area contributed by atoms with E-state index in [1.54, 1.807) is 20.0 Å². The molecule has 0 bridgehead atoms. The quantitative estimate of drug-likeness (QED) is 0.691. The molecule has 29 heavy (non-hydrogen) atoms. The molecule has 3 aromatic heterocycles. The van der Waals surface area contributed by atoms with Gasteiger partial charge in [-0.3, -0.25) is 0 Å². The highest BCUT2D eigenvalue weighted by molar-refractivity contribution is 7.89. The number of fused-ring (bicyclic) bond motifs is 1. The maximum Gasteiger partial charge on any atom is 0.243 e. The fraction of sp³-hybridized carbons (Fsp3) is 0.400. The summed E-state index contributed by atoms with van der Waals surface area (Å²) in [6, 6.07) is 4.24. The second-order valence-electron chi connectivity index (χ2n) is 7.69. The molecule has 8 nitrogen and oxygen atoms in total. The molecule has 0 aromatic carbocycles. The number of pyridine rings is 1. The van der Waals surface area contributed by atoms with Crippen molar-refractivity contribution in [3.8, 4) is 17.6 Å². The van der Waals surface area contributed by atoms with Gasteiger partial charge in [-0.05, 0) is 51.7 Å². The number of nitrogens with one attached hydrogen (secondary N) is 1.